The molecule has 1 saturated heterocycles. The average Bonchev–Trinajstić information content (AvgIpc) is 3.23. The van der Waals surface area contributed by atoms with Crippen LogP contribution in [0.15, 0.2) is 75.0 Å². The molecular weight excluding hydrogens is 566 g/mol. The second-order valence-corrected chi connectivity index (χ2v) is 9.93. The van der Waals surface area contributed by atoms with Crippen molar-refractivity contribution < 1.29 is 19.0 Å². The first-order valence-corrected chi connectivity index (χ1v) is 13.6. The molecule has 1 heterocycles. The molecule has 3 aromatic carbocycles. The monoisotopic (exact) mass is 591 g/mol. The third-order valence-corrected chi connectivity index (χ3v) is 7.37. The van der Waals surface area contributed by atoms with Gasteiger partial charge in [-0.05, 0) is 79.7 Å². The minimum Gasteiger partial charge on any atom is -0.497 e. The van der Waals surface area contributed by atoms with Crippen molar-refractivity contribution in [1.82, 2.24) is 4.90 Å². The standard InChI is InChI=1S/C29H26BrN3O4S/c1-4-33-28(34)27(38-29(33)32-22-10-12-23(35-3)13-11-22)15-21-14-25(36-5-2)26(16-24(21)30)37-18-20-9-7-6-8-19(20)17-31/h6-16H,4-5,18H2,1-3H3/b27-15+,32-29?. The fourth-order valence-electron chi connectivity index (χ4n) is 3.73. The molecule has 0 aliphatic carbocycles. The van der Waals surface area contributed by atoms with E-state index in [1.165, 1.54) is 11.8 Å². The van der Waals surface area contributed by atoms with Crippen molar-refractivity contribution >= 4 is 50.5 Å². The maximum absolute atomic E-state index is 13.2. The molecule has 194 valence electrons. The van der Waals surface area contributed by atoms with Crippen molar-refractivity contribution in [3.05, 3.63) is 86.7 Å². The van der Waals surface area contributed by atoms with Crippen LogP contribution in [0.4, 0.5) is 5.69 Å². The van der Waals surface area contributed by atoms with E-state index < -0.39 is 0 Å². The van der Waals surface area contributed by atoms with Gasteiger partial charge in [0.1, 0.15) is 12.4 Å². The average molecular weight is 593 g/mol. The Morgan fingerprint density at radius 1 is 1.08 bits per heavy atom. The molecule has 1 fully saturated rings. The first kappa shape index (κ1) is 27.3. The van der Waals surface area contributed by atoms with Gasteiger partial charge in [0.15, 0.2) is 16.7 Å². The number of amides is 1. The van der Waals surface area contributed by atoms with E-state index in [-0.39, 0.29) is 12.5 Å². The molecule has 0 atom stereocenters. The summed E-state index contributed by atoms with van der Waals surface area (Å²) in [5, 5.41) is 9.98. The zero-order chi connectivity index (χ0) is 27.1. The van der Waals surface area contributed by atoms with Gasteiger partial charge in [0.2, 0.25) is 0 Å². The number of thioether (sulfide) groups is 1. The quantitative estimate of drug-likeness (QED) is 0.251. The van der Waals surface area contributed by atoms with Gasteiger partial charge in [0.25, 0.3) is 5.91 Å². The van der Waals surface area contributed by atoms with Crippen LogP contribution in [0, 0.1) is 11.3 Å². The van der Waals surface area contributed by atoms with Crippen LogP contribution < -0.4 is 14.2 Å². The molecule has 0 aromatic heterocycles. The smallest absolute Gasteiger partial charge is 0.266 e. The molecule has 0 N–H and O–H groups in total. The van der Waals surface area contributed by atoms with E-state index in [0.717, 1.165) is 27.0 Å². The fraction of sp³-hybridized carbons (Fsp3) is 0.207. The lowest BCUT2D eigenvalue weighted by Crippen LogP contribution is -2.28. The summed E-state index contributed by atoms with van der Waals surface area (Å²) < 4.78 is 17.9. The number of benzene rings is 3. The molecule has 4 rings (SSSR count). The van der Waals surface area contributed by atoms with Gasteiger partial charge in [-0.25, -0.2) is 4.99 Å². The van der Waals surface area contributed by atoms with Crippen molar-refractivity contribution in [3.63, 3.8) is 0 Å². The van der Waals surface area contributed by atoms with E-state index in [1.54, 1.807) is 18.1 Å². The number of amidine groups is 1. The van der Waals surface area contributed by atoms with Crippen LogP contribution in [-0.2, 0) is 11.4 Å². The van der Waals surface area contributed by atoms with Crippen molar-refractivity contribution in [2.45, 2.75) is 20.5 Å². The Kier molecular flexibility index (Phi) is 9.10. The number of nitrogens with zero attached hydrogens (tertiary/aromatic N) is 3. The molecule has 1 amide bonds. The predicted octanol–water partition coefficient (Wildman–Crippen LogP) is 6.93. The Labute approximate surface area is 234 Å². The van der Waals surface area contributed by atoms with Crippen molar-refractivity contribution in [2.75, 3.05) is 20.3 Å². The van der Waals surface area contributed by atoms with Crippen LogP contribution in [0.25, 0.3) is 6.08 Å². The van der Waals surface area contributed by atoms with Crippen molar-refractivity contribution in [1.29, 1.82) is 5.26 Å². The molecule has 1 aliphatic rings. The number of aliphatic imine (C=N–C) groups is 1. The van der Waals surface area contributed by atoms with Gasteiger partial charge in [-0.15, -0.1) is 0 Å². The van der Waals surface area contributed by atoms with Crippen LogP contribution in [0.5, 0.6) is 17.2 Å². The zero-order valence-corrected chi connectivity index (χ0v) is 23.6. The van der Waals surface area contributed by atoms with E-state index in [0.29, 0.717) is 40.3 Å². The molecule has 0 radical (unpaired) electrons. The normalized spacial score (nSPS) is 15.1. The Balaban J connectivity index is 1.61. The number of likely N-dealkylation sites (N-methyl/N-ethyl adjacent to an activating group) is 1. The van der Waals surface area contributed by atoms with E-state index in [2.05, 4.69) is 27.0 Å². The maximum Gasteiger partial charge on any atom is 0.266 e. The number of rotatable bonds is 9. The molecular formula is C29H26BrN3O4S. The van der Waals surface area contributed by atoms with Crippen LogP contribution >= 0.6 is 27.7 Å². The summed E-state index contributed by atoms with van der Waals surface area (Å²) in [6.07, 6.45) is 1.83. The number of halogens is 1. The number of nitriles is 1. The van der Waals surface area contributed by atoms with Gasteiger partial charge < -0.3 is 14.2 Å². The number of hydrogen-bond donors (Lipinski definition) is 0. The lowest BCUT2D eigenvalue weighted by molar-refractivity contribution is -0.122. The van der Waals surface area contributed by atoms with Crippen LogP contribution in [0.2, 0.25) is 0 Å². The highest BCUT2D eigenvalue weighted by atomic mass is 79.9. The van der Waals surface area contributed by atoms with Gasteiger partial charge in [0.05, 0.1) is 35.9 Å². The van der Waals surface area contributed by atoms with Crippen molar-refractivity contribution in [2.24, 2.45) is 4.99 Å². The minimum atomic E-state index is -0.108. The fourth-order valence-corrected chi connectivity index (χ4v) is 5.22. The van der Waals surface area contributed by atoms with Gasteiger partial charge in [-0.1, -0.05) is 34.1 Å². The first-order chi connectivity index (χ1) is 18.5. The molecule has 0 saturated carbocycles. The van der Waals surface area contributed by atoms with Crippen LogP contribution in [0.1, 0.15) is 30.5 Å². The summed E-state index contributed by atoms with van der Waals surface area (Å²) in [6.45, 7) is 4.98. The highest BCUT2D eigenvalue weighted by molar-refractivity contribution is 9.10. The van der Waals surface area contributed by atoms with E-state index in [9.17, 15) is 10.1 Å². The summed E-state index contributed by atoms with van der Waals surface area (Å²) in [4.78, 5) is 20.1. The second kappa shape index (κ2) is 12.7. The van der Waals surface area contributed by atoms with Crippen LogP contribution in [-0.4, -0.2) is 36.2 Å². The molecule has 7 nitrogen and oxygen atoms in total. The Hall–Kier alpha value is -3.74. The Morgan fingerprint density at radius 2 is 1.82 bits per heavy atom. The molecule has 38 heavy (non-hydrogen) atoms. The predicted molar refractivity (Wildman–Crippen MR) is 154 cm³/mol. The van der Waals surface area contributed by atoms with Gasteiger partial charge >= 0.3 is 0 Å². The first-order valence-electron chi connectivity index (χ1n) is 12.0. The highest BCUT2D eigenvalue weighted by Crippen LogP contribution is 2.39. The lowest BCUT2D eigenvalue weighted by Gasteiger charge is -2.15. The number of hydrogen-bond acceptors (Lipinski definition) is 7. The Bertz CT molecular complexity index is 1430. The zero-order valence-electron chi connectivity index (χ0n) is 21.2. The third kappa shape index (κ3) is 6.21. The largest absolute Gasteiger partial charge is 0.497 e. The summed E-state index contributed by atoms with van der Waals surface area (Å²) >= 11 is 4.95. The van der Waals surface area contributed by atoms with Crippen molar-refractivity contribution in [3.8, 4) is 23.3 Å². The molecule has 9 heteroatoms. The van der Waals surface area contributed by atoms with Crippen LogP contribution in [0.3, 0.4) is 0 Å². The highest BCUT2D eigenvalue weighted by Gasteiger charge is 2.32. The summed E-state index contributed by atoms with van der Waals surface area (Å²) in [5.41, 5.74) is 2.86. The SMILES string of the molecule is CCOc1cc(/C=C2/SC(=Nc3ccc(OC)cc3)N(CC)C2=O)c(Br)cc1OCc1ccccc1C#N. The minimum absolute atomic E-state index is 0.108. The maximum atomic E-state index is 13.2. The van der Waals surface area contributed by atoms with Gasteiger partial charge in [-0.2, -0.15) is 5.26 Å². The second-order valence-electron chi connectivity index (χ2n) is 8.06. The molecule has 3 aromatic rings. The lowest BCUT2D eigenvalue weighted by atomic mass is 10.1. The van der Waals surface area contributed by atoms with E-state index >= 15 is 0 Å². The third-order valence-electron chi connectivity index (χ3n) is 5.67. The summed E-state index contributed by atoms with van der Waals surface area (Å²) in [6, 6.07) is 20.5. The Morgan fingerprint density at radius 3 is 2.50 bits per heavy atom. The molecule has 1 aliphatic heterocycles. The molecule has 0 spiro atoms. The summed E-state index contributed by atoms with van der Waals surface area (Å²) in [7, 11) is 1.61. The summed E-state index contributed by atoms with van der Waals surface area (Å²) in [5.74, 6) is 1.72. The molecule has 0 bridgehead atoms. The van der Waals surface area contributed by atoms with E-state index in [1.807, 2.05) is 74.5 Å². The van der Waals surface area contributed by atoms with Gasteiger partial charge in [0, 0.05) is 16.6 Å². The number of methoxy groups -OCH3 is 1. The number of carbonyl (C=O) groups excluding carboxylic acids is 1. The van der Waals surface area contributed by atoms with Gasteiger partial charge in [-0.3, -0.25) is 9.69 Å². The topological polar surface area (TPSA) is 84.2 Å². The number of carbonyl (C=O) groups is 1. The number of ether oxygens (including phenoxy) is 3. The molecule has 0 unspecified atom stereocenters. The van der Waals surface area contributed by atoms with E-state index in [4.69, 9.17) is 14.2 Å².